The number of anilines is 1. The number of H-pyrrole nitrogens is 1. The van der Waals surface area contributed by atoms with Gasteiger partial charge in [-0.2, -0.15) is 0 Å². The first-order valence-electron chi connectivity index (χ1n) is 8.39. The molecule has 3 heterocycles. The summed E-state index contributed by atoms with van der Waals surface area (Å²) in [6.07, 6.45) is 3.45. The van der Waals surface area contributed by atoms with Crippen LogP contribution in [0.5, 0.6) is 0 Å². The summed E-state index contributed by atoms with van der Waals surface area (Å²) in [7, 11) is 0. The van der Waals surface area contributed by atoms with Crippen LogP contribution < -0.4 is 10.2 Å². The number of aromatic amines is 1. The van der Waals surface area contributed by atoms with Crippen molar-refractivity contribution in [3.8, 4) is 0 Å². The van der Waals surface area contributed by atoms with Gasteiger partial charge in [-0.3, -0.25) is 4.79 Å². The first-order valence-corrected chi connectivity index (χ1v) is 8.77. The lowest BCUT2D eigenvalue weighted by Gasteiger charge is -2.31. The molecule has 3 aromatic rings. The number of furan rings is 1. The number of benzene rings is 1. The van der Waals surface area contributed by atoms with Crippen molar-refractivity contribution < 1.29 is 9.21 Å². The second-order valence-corrected chi connectivity index (χ2v) is 6.74. The number of nitrogens with one attached hydrogen (secondary N) is 2. The molecule has 6 nitrogen and oxygen atoms in total. The molecule has 1 fully saturated rings. The number of nitrogens with zero attached hydrogens (tertiary/aromatic N) is 2. The number of carbonyl (C=O) groups excluding carboxylic acids is 1. The molecule has 1 atom stereocenters. The molecule has 4 rings (SSSR count). The number of hydrogen-bond acceptors (Lipinski definition) is 4. The molecule has 0 aliphatic carbocycles. The Morgan fingerprint density at radius 3 is 3.20 bits per heavy atom. The number of rotatable bonds is 4. The highest BCUT2D eigenvalue weighted by atomic mass is 35.5. The quantitative estimate of drug-likeness (QED) is 0.750. The summed E-state index contributed by atoms with van der Waals surface area (Å²) in [6, 6.07) is 9.26. The van der Waals surface area contributed by atoms with Gasteiger partial charge in [0.05, 0.1) is 29.8 Å². The maximum absolute atomic E-state index is 12.5. The largest absolute Gasteiger partial charge is 0.467 e. The molecule has 25 heavy (non-hydrogen) atoms. The third-order valence-corrected chi connectivity index (χ3v) is 4.78. The molecule has 1 aliphatic heterocycles. The molecular weight excluding hydrogens is 340 g/mol. The Hall–Kier alpha value is -2.47. The van der Waals surface area contributed by atoms with Gasteiger partial charge in [-0.1, -0.05) is 11.6 Å². The zero-order valence-corrected chi connectivity index (χ0v) is 14.4. The van der Waals surface area contributed by atoms with E-state index in [0.717, 1.165) is 42.1 Å². The highest BCUT2D eigenvalue weighted by molar-refractivity contribution is 6.31. The van der Waals surface area contributed by atoms with Crippen molar-refractivity contribution in [2.24, 2.45) is 5.92 Å². The normalized spacial score (nSPS) is 17.8. The van der Waals surface area contributed by atoms with Gasteiger partial charge in [0.2, 0.25) is 11.9 Å². The smallest absolute Gasteiger partial charge is 0.225 e. The van der Waals surface area contributed by atoms with Gasteiger partial charge >= 0.3 is 0 Å². The average molecular weight is 359 g/mol. The van der Waals surface area contributed by atoms with Crippen LogP contribution in [0.1, 0.15) is 18.6 Å². The number of imidazole rings is 1. The van der Waals surface area contributed by atoms with Gasteiger partial charge in [0.15, 0.2) is 0 Å². The van der Waals surface area contributed by atoms with E-state index in [4.69, 9.17) is 16.0 Å². The molecule has 1 aromatic carbocycles. The lowest BCUT2D eigenvalue weighted by molar-refractivity contribution is -0.125. The third kappa shape index (κ3) is 3.49. The lowest BCUT2D eigenvalue weighted by Crippen LogP contribution is -2.43. The van der Waals surface area contributed by atoms with Gasteiger partial charge in [0.1, 0.15) is 5.76 Å². The molecule has 2 aromatic heterocycles. The third-order valence-electron chi connectivity index (χ3n) is 4.54. The standard InChI is InChI=1S/C18H19ClN4O2/c19-13-5-6-15-16(9-13)22-18(21-15)23-7-1-3-12(11-23)17(24)20-10-14-4-2-8-25-14/h2,4-6,8-9,12H,1,3,7,10-11H2,(H,20,24)(H,21,22). The minimum Gasteiger partial charge on any atom is -0.467 e. The molecule has 1 aliphatic rings. The van der Waals surface area contributed by atoms with E-state index in [0.29, 0.717) is 18.1 Å². The molecule has 1 saturated heterocycles. The molecular formula is C18H19ClN4O2. The summed E-state index contributed by atoms with van der Waals surface area (Å²) in [5, 5.41) is 3.63. The number of piperidine rings is 1. The second kappa shape index (κ2) is 6.80. The van der Waals surface area contributed by atoms with E-state index in [9.17, 15) is 4.79 Å². The maximum Gasteiger partial charge on any atom is 0.225 e. The molecule has 0 bridgehead atoms. The summed E-state index contributed by atoms with van der Waals surface area (Å²) in [4.78, 5) is 22.5. The molecule has 1 unspecified atom stereocenters. The summed E-state index contributed by atoms with van der Waals surface area (Å²) >= 11 is 6.03. The number of halogens is 1. The van der Waals surface area contributed by atoms with E-state index in [-0.39, 0.29) is 11.8 Å². The first-order chi connectivity index (χ1) is 12.2. The predicted octanol–water partition coefficient (Wildman–Crippen LogP) is 3.34. The van der Waals surface area contributed by atoms with Gasteiger partial charge in [-0.05, 0) is 43.2 Å². The molecule has 2 N–H and O–H groups in total. The van der Waals surface area contributed by atoms with Crippen molar-refractivity contribution in [3.63, 3.8) is 0 Å². The fourth-order valence-corrected chi connectivity index (χ4v) is 3.41. The number of aromatic nitrogens is 2. The minimum absolute atomic E-state index is 0.0551. The monoisotopic (exact) mass is 358 g/mol. The Kier molecular flexibility index (Phi) is 4.36. The highest BCUT2D eigenvalue weighted by Crippen LogP contribution is 2.25. The Balaban J connectivity index is 1.43. The number of hydrogen-bond donors (Lipinski definition) is 2. The summed E-state index contributed by atoms with van der Waals surface area (Å²) < 4.78 is 5.25. The summed E-state index contributed by atoms with van der Waals surface area (Å²) in [5.74, 6) is 1.55. The van der Waals surface area contributed by atoms with E-state index in [1.165, 1.54) is 0 Å². The SMILES string of the molecule is O=C(NCc1ccco1)C1CCCN(c2nc3ccc(Cl)cc3[nH]2)C1. The fourth-order valence-electron chi connectivity index (χ4n) is 3.23. The number of carbonyl (C=O) groups is 1. The Bertz CT molecular complexity index is 874. The van der Waals surface area contributed by atoms with Gasteiger partial charge < -0.3 is 19.6 Å². The van der Waals surface area contributed by atoms with Gasteiger partial charge in [-0.15, -0.1) is 0 Å². The summed E-state index contributed by atoms with van der Waals surface area (Å²) in [6.45, 7) is 1.96. The summed E-state index contributed by atoms with van der Waals surface area (Å²) in [5.41, 5.74) is 1.79. The topological polar surface area (TPSA) is 74.2 Å². The number of amides is 1. The zero-order valence-electron chi connectivity index (χ0n) is 13.7. The molecule has 0 radical (unpaired) electrons. The van der Waals surface area contributed by atoms with Crippen molar-refractivity contribution in [1.29, 1.82) is 0 Å². The van der Waals surface area contributed by atoms with Gasteiger partial charge in [-0.25, -0.2) is 4.98 Å². The molecule has 0 saturated carbocycles. The molecule has 0 spiro atoms. The van der Waals surface area contributed by atoms with Gasteiger partial charge in [0.25, 0.3) is 0 Å². The Morgan fingerprint density at radius 2 is 2.36 bits per heavy atom. The Labute approximate surface area is 150 Å². The zero-order chi connectivity index (χ0) is 17.2. The van der Waals surface area contributed by atoms with Crippen LogP contribution in [0, 0.1) is 5.92 Å². The van der Waals surface area contributed by atoms with Crippen LogP contribution in [-0.4, -0.2) is 29.0 Å². The number of fused-ring (bicyclic) bond motifs is 1. The van der Waals surface area contributed by atoms with Crippen LogP contribution in [0.4, 0.5) is 5.95 Å². The van der Waals surface area contributed by atoms with Crippen LogP contribution >= 0.6 is 11.6 Å². The average Bonchev–Trinajstić information content (AvgIpc) is 3.28. The van der Waals surface area contributed by atoms with Crippen LogP contribution in [-0.2, 0) is 11.3 Å². The molecule has 1 amide bonds. The van der Waals surface area contributed by atoms with Crippen molar-refractivity contribution in [2.45, 2.75) is 19.4 Å². The fraction of sp³-hybridized carbons (Fsp3) is 0.333. The van der Waals surface area contributed by atoms with Crippen LogP contribution in [0.2, 0.25) is 5.02 Å². The lowest BCUT2D eigenvalue weighted by atomic mass is 9.97. The highest BCUT2D eigenvalue weighted by Gasteiger charge is 2.27. The maximum atomic E-state index is 12.5. The van der Waals surface area contributed by atoms with E-state index in [1.807, 2.05) is 30.3 Å². The van der Waals surface area contributed by atoms with E-state index in [1.54, 1.807) is 6.26 Å². The molecule has 130 valence electrons. The van der Waals surface area contributed by atoms with E-state index >= 15 is 0 Å². The van der Waals surface area contributed by atoms with E-state index in [2.05, 4.69) is 20.2 Å². The van der Waals surface area contributed by atoms with Crippen LogP contribution in [0.15, 0.2) is 41.0 Å². The first kappa shape index (κ1) is 16.0. The minimum atomic E-state index is -0.0551. The van der Waals surface area contributed by atoms with Gasteiger partial charge in [0, 0.05) is 18.1 Å². The second-order valence-electron chi connectivity index (χ2n) is 6.30. The van der Waals surface area contributed by atoms with Crippen molar-refractivity contribution in [2.75, 3.05) is 18.0 Å². The van der Waals surface area contributed by atoms with Crippen molar-refractivity contribution in [3.05, 3.63) is 47.4 Å². The van der Waals surface area contributed by atoms with Crippen LogP contribution in [0.25, 0.3) is 11.0 Å². The van der Waals surface area contributed by atoms with Crippen LogP contribution in [0.3, 0.4) is 0 Å². The van der Waals surface area contributed by atoms with Crippen molar-refractivity contribution >= 4 is 34.5 Å². The molecule has 7 heteroatoms. The van der Waals surface area contributed by atoms with Crippen molar-refractivity contribution in [1.82, 2.24) is 15.3 Å². The van der Waals surface area contributed by atoms with E-state index < -0.39 is 0 Å². The Morgan fingerprint density at radius 1 is 1.44 bits per heavy atom. The predicted molar refractivity (Wildman–Crippen MR) is 96.6 cm³/mol.